The van der Waals surface area contributed by atoms with Crippen LogP contribution in [0.15, 0.2) is 24.3 Å². The number of nitrogens with two attached hydrogens (primary N) is 1. The van der Waals surface area contributed by atoms with Gasteiger partial charge in [-0.1, -0.05) is 92.0 Å². The number of ketones is 1. The van der Waals surface area contributed by atoms with E-state index in [4.69, 9.17) is 33.7 Å². The molecule has 5 amide bonds. The molecule has 288 valence electrons. The van der Waals surface area contributed by atoms with Crippen LogP contribution in [-0.4, -0.2) is 83.1 Å². The minimum absolute atomic E-state index is 0.00164. The highest BCUT2D eigenvalue weighted by Crippen LogP contribution is 2.32. The number of hydrogen-bond acceptors (Lipinski definition) is 7. The highest BCUT2D eigenvalue weighted by molar-refractivity contribution is 6.44. The normalized spacial score (nSPS) is 18.9. The fourth-order valence-electron chi connectivity index (χ4n) is 5.34. The summed E-state index contributed by atoms with van der Waals surface area (Å²) >= 11 is 12.1. The molecule has 14 heteroatoms. The number of nitrogens with zero attached hydrogens (tertiary/aromatic N) is 1. The summed E-state index contributed by atoms with van der Waals surface area (Å²) < 4.78 is 5.51. The summed E-state index contributed by atoms with van der Waals surface area (Å²) in [5.74, 6) is -1.40. The summed E-state index contributed by atoms with van der Waals surface area (Å²) in [5.41, 5.74) is 6.52. The van der Waals surface area contributed by atoms with Gasteiger partial charge in [-0.3, -0.25) is 24.0 Å². The number of Topliss-reactive ketones (excluding diaryl/α,β-unsaturated/α-hetero) is 1. The zero-order valence-electron chi connectivity index (χ0n) is 31.4. The summed E-state index contributed by atoms with van der Waals surface area (Å²) in [6.45, 7) is 16.0. The lowest BCUT2D eigenvalue weighted by Gasteiger charge is -2.35. The lowest BCUT2D eigenvalue weighted by atomic mass is 9.85. The van der Waals surface area contributed by atoms with E-state index in [0.29, 0.717) is 38.6 Å². The maximum Gasteiger partial charge on any atom is 0.325 e. The van der Waals surface area contributed by atoms with E-state index < -0.39 is 46.0 Å². The van der Waals surface area contributed by atoms with Crippen molar-refractivity contribution < 1.29 is 33.5 Å². The second kappa shape index (κ2) is 22.5. The second-order valence-electron chi connectivity index (χ2n) is 14.4. The first-order valence-electron chi connectivity index (χ1n) is 17.8. The molecule has 12 nitrogen and oxygen atoms in total. The van der Waals surface area contributed by atoms with E-state index in [1.165, 1.54) is 30.4 Å². The largest absolute Gasteiger partial charge is 0.460 e. The monoisotopic (exact) mass is 755 g/mol. The van der Waals surface area contributed by atoms with Crippen molar-refractivity contribution in [3.63, 3.8) is 0 Å². The Labute approximate surface area is 313 Å². The standard InChI is InChI=1S/C24H33Cl2N3O4.C6H10N2O3.C4H8.C3H8/c1-14-9-17(21(25)26)13-29(14)22(31)20(24(2,3)4)28-23(32)27-12-19(30)33-18-10-15-7-5-6-8-16(15)11-18;1-2-4(8-3-9)5(10)6(7)11;1-4-2-3-4;1-3-2/h5-8,14,17-18,20-21H,9-13H2,1-4H3,(H2,27,28,32);3-4H,2H2,1H3,(H2,7,11)(H,8,9);4H,2-3H2,1H3;3H2,1-2H3/t14-,17?,20?;;;/m1.../s1. The Bertz CT molecular complexity index is 1280. The molecule has 4 rings (SSSR count). The maximum absolute atomic E-state index is 13.3. The number of rotatable bonds is 11. The van der Waals surface area contributed by atoms with Crippen molar-refractivity contribution in [2.75, 3.05) is 13.1 Å². The van der Waals surface area contributed by atoms with Crippen LogP contribution in [0, 0.1) is 17.3 Å². The van der Waals surface area contributed by atoms with Crippen LogP contribution in [0.2, 0.25) is 0 Å². The minimum Gasteiger partial charge on any atom is -0.460 e. The molecule has 2 aliphatic carbocycles. The lowest BCUT2D eigenvalue weighted by molar-refractivity contribution is -0.147. The Morgan fingerprint density at radius 3 is 1.94 bits per heavy atom. The van der Waals surface area contributed by atoms with E-state index in [-0.39, 0.29) is 30.5 Å². The first-order valence-corrected chi connectivity index (χ1v) is 18.7. The Hall–Kier alpha value is -3.38. The third-order valence-electron chi connectivity index (χ3n) is 8.44. The van der Waals surface area contributed by atoms with Gasteiger partial charge in [-0.15, -0.1) is 23.2 Å². The van der Waals surface area contributed by atoms with Crippen molar-refractivity contribution >= 4 is 59.2 Å². The lowest BCUT2D eigenvalue weighted by Crippen LogP contribution is -2.57. The van der Waals surface area contributed by atoms with Crippen molar-refractivity contribution in [3.05, 3.63) is 35.4 Å². The van der Waals surface area contributed by atoms with Gasteiger partial charge in [0.25, 0.3) is 5.91 Å². The van der Waals surface area contributed by atoms with Crippen LogP contribution in [0.3, 0.4) is 0 Å². The molecule has 1 aliphatic heterocycles. The number of urea groups is 1. The highest BCUT2D eigenvalue weighted by Gasteiger charge is 2.42. The van der Waals surface area contributed by atoms with E-state index in [0.717, 1.165) is 5.92 Å². The zero-order chi connectivity index (χ0) is 38.9. The number of alkyl halides is 2. The number of hydrogen-bond donors (Lipinski definition) is 4. The number of primary amides is 1. The van der Waals surface area contributed by atoms with Crippen LogP contribution in [0.5, 0.6) is 0 Å². The Balaban J connectivity index is 0.000000592. The van der Waals surface area contributed by atoms with Gasteiger partial charge in [-0.05, 0) is 42.2 Å². The van der Waals surface area contributed by atoms with Crippen LogP contribution in [0.4, 0.5) is 4.79 Å². The molecule has 1 saturated carbocycles. The van der Waals surface area contributed by atoms with Crippen molar-refractivity contribution in [1.29, 1.82) is 0 Å². The number of carbonyl (C=O) groups excluding carboxylic acids is 6. The maximum atomic E-state index is 13.3. The van der Waals surface area contributed by atoms with Crippen LogP contribution >= 0.6 is 23.2 Å². The molecular weight excluding hydrogens is 697 g/mol. The van der Waals surface area contributed by atoms with Gasteiger partial charge in [0.15, 0.2) is 0 Å². The molecule has 51 heavy (non-hydrogen) atoms. The average molecular weight is 757 g/mol. The van der Waals surface area contributed by atoms with Crippen molar-refractivity contribution in [1.82, 2.24) is 20.9 Å². The molecule has 0 radical (unpaired) electrons. The molecule has 3 unspecified atom stereocenters. The molecule has 3 aliphatic rings. The number of fused-ring (bicyclic) bond motifs is 1. The minimum atomic E-state index is -1.02. The van der Waals surface area contributed by atoms with Gasteiger partial charge < -0.3 is 31.3 Å². The van der Waals surface area contributed by atoms with Crippen LogP contribution in [0.25, 0.3) is 0 Å². The quantitative estimate of drug-likeness (QED) is 0.108. The van der Waals surface area contributed by atoms with Crippen molar-refractivity contribution in [3.8, 4) is 0 Å². The summed E-state index contributed by atoms with van der Waals surface area (Å²) in [4.78, 5) is 70.2. The Morgan fingerprint density at radius 1 is 1.02 bits per heavy atom. The number of ether oxygens (including phenoxy) is 1. The summed E-state index contributed by atoms with van der Waals surface area (Å²) in [6, 6.07) is 5.83. The van der Waals surface area contributed by atoms with Crippen LogP contribution in [-0.2, 0) is 41.6 Å². The molecule has 1 heterocycles. The Kier molecular flexibility index (Phi) is 20.2. The molecule has 1 saturated heterocycles. The molecule has 0 bridgehead atoms. The average Bonchev–Trinajstić information content (AvgIpc) is 3.57. The number of nitrogens with one attached hydrogen (secondary N) is 3. The predicted molar refractivity (Wildman–Crippen MR) is 200 cm³/mol. The first-order chi connectivity index (χ1) is 23.9. The third kappa shape index (κ3) is 16.7. The van der Waals surface area contributed by atoms with E-state index in [2.05, 4.69) is 36.7 Å². The highest BCUT2D eigenvalue weighted by atomic mass is 35.5. The molecule has 2 fully saturated rings. The van der Waals surface area contributed by atoms with Crippen molar-refractivity contribution in [2.24, 2.45) is 23.0 Å². The van der Waals surface area contributed by atoms with Gasteiger partial charge in [-0.25, -0.2) is 4.79 Å². The number of carbonyl (C=O) groups is 6. The predicted octanol–water partition coefficient (Wildman–Crippen LogP) is 4.85. The number of halogens is 2. The van der Waals surface area contributed by atoms with Gasteiger partial charge >= 0.3 is 12.0 Å². The molecular formula is C37H59Cl2N5O7. The number of amides is 5. The Morgan fingerprint density at radius 2 is 1.55 bits per heavy atom. The second-order valence-corrected chi connectivity index (χ2v) is 15.6. The summed E-state index contributed by atoms with van der Waals surface area (Å²) in [6.07, 6.45) is 6.80. The molecule has 5 N–H and O–H groups in total. The van der Waals surface area contributed by atoms with Crippen molar-refractivity contribution in [2.45, 2.75) is 129 Å². The van der Waals surface area contributed by atoms with E-state index in [1.807, 2.05) is 52.0 Å². The van der Waals surface area contributed by atoms with Gasteiger partial charge in [0.1, 0.15) is 23.5 Å². The van der Waals surface area contributed by atoms with E-state index in [1.54, 1.807) is 11.8 Å². The third-order valence-corrected chi connectivity index (χ3v) is 9.16. The summed E-state index contributed by atoms with van der Waals surface area (Å²) in [7, 11) is 0. The smallest absolute Gasteiger partial charge is 0.325 e. The SMILES string of the molecule is CC1CC1.CCC.CCC(NC=O)C(=O)C(N)=O.C[C@@H]1CC(C(Cl)Cl)CN1C(=O)C(NC(=O)NCC(=O)OC1Cc2ccccc2C1)C(C)(C)C. The zero-order valence-corrected chi connectivity index (χ0v) is 32.9. The molecule has 0 spiro atoms. The molecule has 1 aromatic carbocycles. The van der Waals surface area contributed by atoms with Gasteiger partial charge in [0.2, 0.25) is 18.1 Å². The molecule has 1 aromatic rings. The fourth-order valence-corrected chi connectivity index (χ4v) is 5.71. The van der Waals surface area contributed by atoms with Gasteiger partial charge in [0, 0.05) is 31.3 Å². The number of esters is 1. The number of likely N-dealkylation sites (tertiary alicyclic amines) is 1. The number of benzene rings is 1. The fraction of sp³-hybridized carbons (Fsp3) is 0.676. The topological polar surface area (TPSA) is 177 Å². The molecule has 0 aromatic heterocycles. The van der Waals surface area contributed by atoms with E-state index >= 15 is 0 Å². The first kappa shape index (κ1) is 45.6. The summed E-state index contributed by atoms with van der Waals surface area (Å²) in [5, 5.41) is 7.46. The molecule has 4 atom stereocenters. The van der Waals surface area contributed by atoms with E-state index in [9.17, 15) is 28.8 Å². The van der Waals surface area contributed by atoms with Gasteiger partial charge in [0.05, 0.1) is 6.04 Å². The van der Waals surface area contributed by atoms with Crippen LogP contribution < -0.4 is 21.7 Å². The van der Waals surface area contributed by atoms with Gasteiger partial charge in [-0.2, -0.15) is 0 Å². The van der Waals surface area contributed by atoms with Crippen LogP contribution in [0.1, 0.15) is 98.6 Å².